The van der Waals surface area contributed by atoms with Gasteiger partial charge >= 0.3 is 0 Å². The Bertz CT molecular complexity index is 906. The molecule has 29 heavy (non-hydrogen) atoms. The third kappa shape index (κ3) is 5.78. The zero-order valence-corrected chi connectivity index (χ0v) is 17.4. The van der Waals surface area contributed by atoms with Gasteiger partial charge in [0.15, 0.2) is 0 Å². The van der Waals surface area contributed by atoms with Gasteiger partial charge in [0, 0.05) is 25.8 Å². The number of benzene rings is 2. The van der Waals surface area contributed by atoms with E-state index in [2.05, 4.69) is 28.4 Å². The molecule has 0 aromatic heterocycles. The van der Waals surface area contributed by atoms with E-state index in [0.29, 0.717) is 6.54 Å². The quantitative estimate of drug-likeness (QED) is 0.820. The van der Waals surface area contributed by atoms with Gasteiger partial charge in [0.1, 0.15) is 0 Å². The highest BCUT2D eigenvalue weighted by atomic mass is 16.2. The first-order chi connectivity index (χ1) is 13.9. The smallest absolute Gasteiger partial charge is 0.243 e. The van der Waals surface area contributed by atoms with Crippen LogP contribution in [-0.4, -0.2) is 54.8 Å². The molecule has 0 atom stereocenters. The number of carbonyl (C=O) groups is 2. The minimum atomic E-state index is -0.181. The van der Waals surface area contributed by atoms with Crippen molar-refractivity contribution in [3.8, 4) is 0 Å². The van der Waals surface area contributed by atoms with Crippen LogP contribution in [0, 0.1) is 13.8 Å². The average molecular weight is 392 g/mol. The summed E-state index contributed by atoms with van der Waals surface area (Å²) in [6.45, 7) is 5.91. The van der Waals surface area contributed by atoms with Crippen LogP contribution in [0.5, 0.6) is 0 Å². The molecule has 0 saturated carbocycles. The number of amides is 2. The van der Waals surface area contributed by atoms with Crippen LogP contribution >= 0.6 is 0 Å². The Morgan fingerprint density at radius 2 is 1.86 bits per heavy atom. The Labute approximate surface area is 173 Å². The van der Waals surface area contributed by atoms with Crippen LogP contribution in [0.25, 0.3) is 5.57 Å². The molecule has 0 bridgehead atoms. The molecule has 1 N–H and O–H groups in total. The Hall–Kier alpha value is -2.92. The molecular weight excluding hydrogens is 362 g/mol. The maximum Gasteiger partial charge on any atom is 0.243 e. The SMILES string of the molecule is Cc1ccc(C)c(NC(=O)CN(C)C(=O)CN2CC=C(c3ccccc3)CC2)c1. The van der Waals surface area contributed by atoms with Gasteiger partial charge in [-0.1, -0.05) is 48.5 Å². The Kier molecular flexibility index (Phi) is 6.83. The Balaban J connectivity index is 1.49. The second-order valence-electron chi connectivity index (χ2n) is 7.70. The van der Waals surface area contributed by atoms with Crippen LogP contribution in [0.1, 0.15) is 23.1 Å². The van der Waals surface area contributed by atoms with Crippen molar-refractivity contribution in [1.82, 2.24) is 9.80 Å². The fourth-order valence-corrected chi connectivity index (χ4v) is 3.45. The molecule has 5 nitrogen and oxygen atoms in total. The molecule has 0 saturated heterocycles. The van der Waals surface area contributed by atoms with E-state index in [1.165, 1.54) is 16.0 Å². The monoisotopic (exact) mass is 391 g/mol. The number of nitrogens with one attached hydrogen (secondary N) is 1. The molecule has 0 aliphatic carbocycles. The number of nitrogens with zero attached hydrogens (tertiary/aromatic N) is 2. The molecule has 0 spiro atoms. The summed E-state index contributed by atoms with van der Waals surface area (Å²) in [5, 5.41) is 2.91. The standard InChI is InChI=1S/C24H29N3O2/c1-18-9-10-19(2)22(15-18)25-23(28)16-26(3)24(29)17-27-13-11-21(12-14-27)20-7-5-4-6-8-20/h4-11,15H,12-14,16-17H2,1-3H3,(H,25,28). The molecule has 0 radical (unpaired) electrons. The zero-order valence-electron chi connectivity index (χ0n) is 17.4. The lowest BCUT2D eigenvalue weighted by atomic mass is 10.00. The highest BCUT2D eigenvalue weighted by Gasteiger charge is 2.19. The second-order valence-corrected chi connectivity index (χ2v) is 7.70. The number of hydrogen-bond acceptors (Lipinski definition) is 3. The molecule has 2 aromatic rings. The molecule has 1 aliphatic rings. The van der Waals surface area contributed by atoms with Gasteiger partial charge in [-0.2, -0.15) is 0 Å². The first kappa shape index (κ1) is 20.8. The van der Waals surface area contributed by atoms with Crippen LogP contribution in [0.15, 0.2) is 54.6 Å². The normalized spacial score (nSPS) is 14.2. The summed E-state index contributed by atoms with van der Waals surface area (Å²) in [6.07, 6.45) is 3.12. The van der Waals surface area contributed by atoms with Gasteiger partial charge in [0.2, 0.25) is 11.8 Å². The van der Waals surface area contributed by atoms with Crippen LogP contribution < -0.4 is 5.32 Å². The highest BCUT2D eigenvalue weighted by molar-refractivity contribution is 5.95. The van der Waals surface area contributed by atoms with E-state index < -0.39 is 0 Å². The molecule has 5 heteroatoms. The van der Waals surface area contributed by atoms with E-state index in [1.54, 1.807) is 7.05 Å². The molecule has 2 amide bonds. The minimum absolute atomic E-state index is 0.0438. The van der Waals surface area contributed by atoms with Crippen LogP contribution in [0.3, 0.4) is 0 Å². The van der Waals surface area contributed by atoms with Crippen molar-refractivity contribution in [3.05, 3.63) is 71.3 Å². The highest BCUT2D eigenvalue weighted by Crippen LogP contribution is 2.22. The van der Waals surface area contributed by atoms with Gasteiger partial charge in [-0.25, -0.2) is 0 Å². The molecule has 3 rings (SSSR count). The molecule has 0 fully saturated rings. The first-order valence-electron chi connectivity index (χ1n) is 10.0. The first-order valence-corrected chi connectivity index (χ1v) is 10.0. The minimum Gasteiger partial charge on any atom is -0.335 e. The van der Waals surface area contributed by atoms with Crippen LogP contribution in [-0.2, 0) is 9.59 Å². The zero-order chi connectivity index (χ0) is 20.8. The molecular formula is C24H29N3O2. The predicted molar refractivity (Wildman–Crippen MR) is 118 cm³/mol. The third-order valence-electron chi connectivity index (χ3n) is 5.27. The Morgan fingerprint density at radius 3 is 2.55 bits per heavy atom. The maximum absolute atomic E-state index is 12.6. The van der Waals surface area contributed by atoms with E-state index in [1.807, 2.05) is 50.2 Å². The van der Waals surface area contributed by atoms with Crippen molar-refractivity contribution >= 4 is 23.1 Å². The maximum atomic E-state index is 12.6. The fourth-order valence-electron chi connectivity index (χ4n) is 3.45. The van der Waals surface area contributed by atoms with Crippen molar-refractivity contribution in [2.24, 2.45) is 0 Å². The topological polar surface area (TPSA) is 52.7 Å². The molecule has 1 aliphatic heterocycles. The van der Waals surface area contributed by atoms with Crippen molar-refractivity contribution in [1.29, 1.82) is 0 Å². The summed E-state index contributed by atoms with van der Waals surface area (Å²) in [5.41, 5.74) is 5.47. The lowest BCUT2D eigenvalue weighted by Crippen LogP contribution is -2.42. The number of likely N-dealkylation sites (N-methyl/N-ethyl adjacent to an activating group) is 1. The van der Waals surface area contributed by atoms with E-state index >= 15 is 0 Å². The van der Waals surface area contributed by atoms with Gasteiger partial charge in [-0.05, 0) is 48.6 Å². The summed E-state index contributed by atoms with van der Waals surface area (Å²) < 4.78 is 0. The Morgan fingerprint density at radius 1 is 1.10 bits per heavy atom. The van der Waals surface area contributed by atoms with Gasteiger partial charge < -0.3 is 10.2 Å². The van der Waals surface area contributed by atoms with E-state index in [9.17, 15) is 9.59 Å². The summed E-state index contributed by atoms with van der Waals surface area (Å²) in [5.74, 6) is -0.225. The number of carbonyl (C=O) groups excluding carboxylic acids is 2. The van der Waals surface area contributed by atoms with Crippen molar-refractivity contribution < 1.29 is 9.59 Å². The van der Waals surface area contributed by atoms with Gasteiger partial charge in [-0.3, -0.25) is 14.5 Å². The number of hydrogen-bond donors (Lipinski definition) is 1. The number of aryl methyl sites for hydroxylation is 2. The van der Waals surface area contributed by atoms with Gasteiger partial charge in [0.05, 0.1) is 13.1 Å². The van der Waals surface area contributed by atoms with Crippen molar-refractivity contribution in [2.75, 3.05) is 38.5 Å². The lowest BCUT2D eigenvalue weighted by Gasteiger charge is -2.27. The molecule has 152 valence electrons. The number of anilines is 1. The average Bonchev–Trinajstić information content (AvgIpc) is 2.72. The summed E-state index contributed by atoms with van der Waals surface area (Å²) in [4.78, 5) is 28.5. The third-order valence-corrected chi connectivity index (χ3v) is 5.27. The van der Waals surface area contributed by atoms with Crippen LogP contribution in [0.4, 0.5) is 5.69 Å². The number of rotatable bonds is 6. The van der Waals surface area contributed by atoms with Crippen molar-refractivity contribution in [2.45, 2.75) is 20.3 Å². The summed E-state index contributed by atoms with van der Waals surface area (Å²) in [6, 6.07) is 16.3. The van der Waals surface area contributed by atoms with Crippen molar-refractivity contribution in [3.63, 3.8) is 0 Å². The lowest BCUT2D eigenvalue weighted by molar-refractivity contribution is -0.134. The second kappa shape index (κ2) is 9.52. The molecule has 2 aromatic carbocycles. The van der Waals surface area contributed by atoms with E-state index in [4.69, 9.17) is 0 Å². The van der Waals surface area contributed by atoms with E-state index in [-0.39, 0.29) is 18.4 Å². The summed E-state index contributed by atoms with van der Waals surface area (Å²) in [7, 11) is 1.68. The largest absolute Gasteiger partial charge is 0.335 e. The molecule has 1 heterocycles. The molecule has 0 unspecified atom stereocenters. The predicted octanol–water partition coefficient (Wildman–Crippen LogP) is 3.49. The summed E-state index contributed by atoms with van der Waals surface area (Å²) >= 11 is 0. The van der Waals surface area contributed by atoms with E-state index in [0.717, 1.165) is 36.3 Å². The van der Waals surface area contributed by atoms with Crippen LogP contribution in [0.2, 0.25) is 0 Å². The van der Waals surface area contributed by atoms with Gasteiger partial charge in [-0.15, -0.1) is 0 Å². The fraction of sp³-hybridized carbons (Fsp3) is 0.333. The van der Waals surface area contributed by atoms with Gasteiger partial charge in [0.25, 0.3) is 0 Å².